The summed E-state index contributed by atoms with van der Waals surface area (Å²) in [5, 5.41) is 7.84. The van der Waals surface area contributed by atoms with Crippen molar-refractivity contribution in [3.63, 3.8) is 0 Å². The third-order valence-electron chi connectivity index (χ3n) is 8.56. The van der Waals surface area contributed by atoms with Crippen molar-refractivity contribution >= 4 is 64.1 Å². The maximum Gasteiger partial charge on any atom is 0.0619 e. The summed E-state index contributed by atoms with van der Waals surface area (Å²) in [5.74, 6) is 0. The van der Waals surface area contributed by atoms with Crippen molar-refractivity contribution in [2.75, 3.05) is 0 Å². The normalized spacial score (nSPS) is 11.8. The molecule has 0 bridgehead atoms. The van der Waals surface area contributed by atoms with E-state index in [9.17, 15) is 0 Å². The van der Waals surface area contributed by atoms with Crippen molar-refractivity contribution in [3.8, 4) is 27.9 Å². The van der Waals surface area contributed by atoms with Gasteiger partial charge in [0, 0.05) is 42.0 Å². The molecule has 0 N–H and O–H groups in total. The Morgan fingerprint density at radius 2 is 0.952 bits per heavy atom. The molecule has 0 atom stereocenters. The fourth-order valence-corrected chi connectivity index (χ4v) is 7.81. The molecule has 0 saturated heterocycles. The van der Waals surface area contributed by atoms with Gasteiger partial charge in [0.15, 0.2) is 0 Å². The number of thiophene rings is 1. The molecule has 0 saturated carbocycles. The molecule has 0 aliphatic rings. The van der Waals surface area contributed by atoms with E-state index < -0.39 is 0 Å². The van der Waals surface area contributed by atoms with E-state index in [0.717, 1.165) is 0 Å². The molecule has 0 fully saturated rings. The Kier molecular flexibility index (Phi) is 5.13. The molecule has 9 rings (SSSR count). The lowest BCUT2D eigenvalue weighted by Gasteiger charge is -2.15. The van der Waals surface area contributed by atoms with E-state index >= 15 is 0 Å². The van der Waals surface area contributed by atoms with Crippen molar-refractivity contribution in [3.05, 3.63) is 152 Å². The van der Waals surface area contributed by atoms with Crippen LogP contribution in [0.3, 0.4) is 0 Å². The summed E-state index contributed by atoms with van der Waals surface area (Å²) in [7, 11) is 0. The average molecular weight is 552 g/mol. The van der Waals surface area contributed by atoms with Crippen LogP contribution in [0, 0.1) is 0 Å². The highest BCUT2D eigenvalue weighted by Crippen LogP contribution is 2.43. The van der Waals surface area contributed by atoms with Gasteiger partial charge in [0.1, 0.15) is 0 Å². The molecule has 0 amide bonds. The second-order valence-electron chi connectivity index (χ2n) is 10.9. The average Bonchev–Trinajstić information content (AvgIpc) is 3.61. The molecule has 9 aromatic rings. The summed E-state index contributed by atoms with van der Waals surface area (Å²) in [4.78, 5) is 0. The van der Waals surface area contributed by atoms with Crippen LogP contribution in [0.2, 0.25) is 0 Å². The van der Waals surface area contributed by atoms with Gasteiger partial charge in [-0.2, -0.15) is 0 Å². The van der Waals surface area contributed by atoms with Crippen LogP contribution < -0.4 is 0 Å². The van der Waals surface area contributed by atoms with E-state index in [4.69, 9.17) is 0 Å². The van der Waals surface area contributed by atoms with Crippen LogP contribution in [-0.4, -0.2) is 4.57 Å². The molecule has 2 aromatic heterocycles. The van der Waals surface area contributed by atoms with Crippen molar-refractivity contribution in [2.24, 2.45) is 0 Å². The molecule has 1 nitrogen and oxygen atoms in total. The fourth-order valence-electron chi connectivity index (χ4n) is 6.69. The molecule has 42 heavy (non-hydrogen) atoms. The third-order valence-corrected chi connectivity index (χ3v) is 9.70. The van der Waals surface area contributed by atoms with Crippen LogP contribution in [0.15, 0.2) is 152 Å². The summed E-state index contributed by atoms with van der Waals surface area (Å²) in [6, 6.07) is 55.4. The van der Waals surface area contributed by atoms with E-state index in [0.29, 0.717) is 0 Å². The maximum absolute atomic E-state index is 2.49. The summed E-state index contributed by atoms with van der Waals surface area (Å²) < 4.78 is 5.17. The molecule has 2 heterocycles. The molecule has 0 radical (unpaired) electrons. The van der Waals surface area contributed by atoms with Gasteiger partial charge in [-0.3, -0.25) is 0 Å². The molecule has 2 heteroatoms. The van der Waals surface area contributed by atoms with Crippen LogP contribution in [0.4, 0.5) is 0 Å². The minimum atomic E-state index is 1.17. The number of fused-ring (bicyclic) bond motifs is 9. The van der Waals surface area contributed by atoms with Gasteiger partial charge in [-0.25, -0.2) is 0 Å². The van der Waals surface area contributed by atoms with Crippen molar-refractivity contribution < 1.29 is 0 Å². The van der Waals surface area contributed by atoms with E-state index in [2.05, 4.69) is 156 Å². The Morgan fingerprint density at radius 1 is 0.381 bits per heavy atom. The maximum atomic E-state index is 2.49. The number of benzene rings is 7. The van der Waals surface area contributed by atoms with Crippen molar-refractivity contribution in [1.29, 1.82) is 0 Å². The van der Waals surface area contributed by atoms with Crippen LogP contribution in [0.1, 0.15) is 0 Å². The van der Waals surface area contributed by atoms with E-state index in [-0.39, 0.29) is 0 Å². The number of hydrogen-bond acceptors (Lipinski definition) is 1. The van der Waals surface area contributed by atoms with Crippen LogP contribution in [0.5, 0.6) is 0 Å². The lowest BCUT2D eigenvalue weighted by atomic mass is 9.97. The molecular weight excluding hydrogens is 527 g/mol. The Labute approximate surface area is 247 Å². The minimum Gasteiger partial charge on any atom is -0.309 e. The first kappa shape index (κ1) is 23.5. The molecule has 0 aliphatic carbocycles. The zero-order chi connectivity index (χ0) is 27.6. The van der Waals surface area contributed by atoms with Gasteiger partial charge in [0.2, 0.25) is 0 Å². The quantitative estimate of drug-likeness (QED) is 0.206. The van der Waals surface area contributed by atoms with Crippen LogP contribution >= 0.6 is 11.3 Å². The fraction of sp³-hybridized carbons (Fsp3) is 0. The van der Waals surface area contributed by atoms with Crippen LogP contribution in [-0.2, 0) is 0 Å². The van der Waals surface area contributed by atoms with E-state index in [1.54, 1.807) is 0 Å². The summed E-state index contributed by atoms with van der Waals surface area (Å²) >= 11 is 1.88. The number of aromatic nitrogens is 1. The lowest BCUT2D eigenvalue weighted by Crippen LogP contribution is -1.96. The zero-order valence-electron chi connectivity index (χ0n) is 22.8. The SMILES string of the molecule is c1ccc(-c2cc(-c3ccccc3)cc(-n3c4ccccc4c4ccc5c(ccc6sc7ccccc7c65)c43)c2)cc1. The standard InChI is InChI=1S/C40H25NS/c1-3-11-26(12-4-1)28-23-29(27-13-5-2-6-14-27)25-30(24-28)41-36-17-9-7-15-31(36)33-20-19-32-34(40(33)41)21-22-38-39(32)35-16-8-10-18-37(35)42-38/h1-25H. The third kappa shape index (κ3) is 3.49. The van der Waals surface area contributed by atoms with Gasteiger partial charge in [0.05, 0.1) is 11.0 Å². The van der Waals surface area contributed by atoms with Gasteiger partial charge in [-0.15, -0.1) is 11.3 Å². The molecule has 196 valence electrons. The second kappa shape index (κ2) is 9.17. The molecule has 0 spiro atoms. The zero-order valence-corrected chi connectivity index (χ0v) is 23.6. The predicted molar refractivity (Wildman–Crippen MR) is 182 cm³/mol. The Hall–Kier alpha value is -5.18. The lowest BCUT2D eigenvalue weighted by molar-refractivity contribution is 1.19. The topological polar surface area (TPSA) is 4.93 Å². The highest BCUT2D eigenvalue weighted by atomic mass is 32.1. The molecule has 7 aromatic carbocycles. The smallest absolute Gasteiger partial charge is 0.0619 e. The number of para-hydroxylation sites is 1. The largest absolute Gasteiger partial charge is 0.309 e. The van der Waals surface area contributed by atoms with E-state index in [1.165, 1.54) is 80.7 Å². The number of nitrogens with zero attached hydrogens (tertiary/aromatic N) is 1. The summed E-state index contributed by atoms with van der Waals surface area (Å²) in [5.41, 5.74) is 8.51. The first-order chi connectivity index (χ1) is 20.8. The Balaban J connectivity index is 1.44. The van der Waals surface area contributed by atoms with E-state index in [1.807, 2.05) is 11.3 Å². The monoisotopic (exact) mass is 551 g/mol. The number of rotatable bonds is 3. The summed E-state index contributed by atoms with van der Waals surface area (Å²) in [6.45, 7) is 0. The van der Waals surface area contributed by atoms with Gasteiger partial charge in [0.25, 0.3) is 0 Å². The van der Waals surface area contributed by atoms with Crippen molar-refractivity contribution in [1.82, 2.24) is 4.57 Å². The highest BCUT2D eigenvalue weighted by molar-refractivity contribution is 7.26. The minimum absolute atomic E-state index is 1.17. The Morgan fingerprint density at radius 3 is 1.69 bits per heavy atom. The van der Waals surface area contributed by atoms with Gasteiger partial charge < -0.3 is 4.57 Å². The Bertz CT molecular complexity index is 2390. The second-order valence-corrected chi connectivity index (χ2v) is 12.0. The summed E-state index contributed by atoms with van der Waals surface area (Å²) in [6.07, 6.45) is 0. The van der Waals surface area contributed by atoms with Gasteiger partial charge in [-0.1, -0.05) is 115 Å². The molecule has 0 unspecified atom stereocenters. The number of hydrogen-bond donors (Lipinski definition) is 0. The van der Waals surface area contributed by atoms with Gasteiger partial charge >= 0.3 is 0 Å². The van der Waals surface area contributed by atoms with Gasteiger partial charge in [-0.05, 0) is 64.0 Å². The predicted octanol–water partition coefficient (Wildman–Crippen LogP) is 11.6. The molecular formula is C40H25NS. The van der Waals surface area contributed by atoms with Crippen LogP contribution in [0.25, 0.3) is 80.7 Å². The van der Waals surface area contributed by atoms with Crippen molar-refractivity contribution in [2.45, 2.75) is 0 Å². The molecule has 0 aliphatic heterocycles. The highest BCUT2D eigenvalue weighted by Gasteiger charge is 2.18. The first-order valence-corrected chi connectivity index (χ1v) is 15.2. The first-order valence-electron chi connectivity index (χ1n) is 14.4.